The Morgan fingerprint density at radius 2 is 1.62 bits per heavy atom. The van der Waals surface area contributed by atoms with Gasteiger partial charge in [0, 0.05) is 26.9 Å². The van der Waals surface area contributed by atoms with E-state index in [1.165, 1.54) is 14.0 Å². The van der Waals surface area contributed by atoms with Crippen LogP contribution in [0.15, 0.2) is 48.5 Å². The Morgan fingerprint density at radius 1 is 1.00 bits per heavy atom. The number of carbonyl (C=O) groups is 4. The van der Waals surface area contributed by atoms with Gasteiger partial charge in [0.05, 0.1) is 6.61 Å². The lowest BCUT2D eigenvalue weighted by Gasteiger charge is -2.25. The predicted molar refractivity (Wildman–Crippen MR) is 133 cm³/mol. The third-order valence-corrected chi connectivity index (χ3v) is 5.67. The van der Waals surface area contributed by atoms with Crippen LogP contribution in [0.1, 0.15) is 18.1 Å². The van der Waals surface area contributed by atoms with Gasteiger partial charge in [-0.25, -0.2) is 0 Å². The fourth-order valence-corrected chi connectivity index (χ4v) is 3.95. The van der Waals surface area contributed by atoms with Crippen LogP contribution in [0.5, 0.6) is 11.5 Å². The number of benzene rings is 2. The van der Waals surface area contributed by atoms with Crippen molar-refractivity contribution >= 4 is 23.6 Å². The Bertz CT molecular complexity index is 1210. The van der Waals surface area contributed by atoms with Gasteiger partial charge in [-0.05, 0) is 35.4 Å². The first-order valence-corrected chi connectivity index (χ1v) is 12.0. The van der Waals surface area contributed by atoms with Crippen molar-refractivity contribution in [2.45, 2.75) is 44.1 Å². The molecule has 0 radical (unpaired) electrons. The molecule has 0 aromatic heterocycles. The third-order valence-electron chi connectivity index (χ3n) is 5.67. The fourth-order valence-electron chi connectivity index (χ4n) is 3.95. The topological polar surface area (TPSA) is 135 Å². The largest absolute Gasteiger partial charge is 0.457 e. The van der Waals surface area contributed by atoms with Crippen LogP contribution in [-0.4, -0.2) is 68.2 Å². The Morgan fingerprint density at radius 3 is 2.18 bits per heavy atom. The highest BCUT2D eigenvalue weighted by Gasteiger charge is 2.33. The summed E-state index contributed by atoms with van der Waals surface area (Å²) < 4.78 is 49.2. The molecule has 2 aromatic rings. The summed E-state index contributed by atoms with van der Waals surface area (Å²) >= 11 is 0. The summed E-state index contributed by atoms with van der Waals surface area (Å²) in [5.74, 6) is -2.30. The molecule has 0 saturated carbocycles. The summed E-state index contributed by atoms with van der Waals surface area (Å²) in [5, 5.41) is 9.25. The minimum Gasteiger partial charge on any atom is -0.457 e. The zero-order valence-corrected chi connectivity index (χ0v) is 21.3. The van der Waals surface area contributed by atoms with Gasteiger partial charge in [-0.2, -0.15) is 13.2 Å². The first kappa shape index (κ1) is 29.4. The van der Waals surface area contributed by atoms with Crippen LogP contribution in [0.4, 0.5) is 13.2 Å². The molecule has 10 nitrogen and oxygen atoms in total. The van der Waals surface area contributed by atoms with Crippen LogP contribution in [0.25, 0.3) is 0 Å². The fraction of sp³-hybridized carbons (Fsp3) is 0.385. The minimum absolute atomic E-state index is 0.0620. The van der Waals surface area contributed by atoms with Crippen molar-refractivity contribution in [1.82, 2.24) is 21.3 Å². The molecule has 4 amide bonds. The molecule has 1 aliphatic rings. The average molecular weight is 551 g/mol. The lowest BCUT2D eigenvalue weighted by atomic mass is 10.0. The number of fused-ring (bicyclic) bond motifs is 4. The number of ether oxygens (including phenoxy) is 2. The number of alkyl halides is 3. The van der Waals surface area contributed by atoms with Gasteiger partial charge < -0.3 is 30.7 Å². The highest BCUT2D eigenvalue weighted by atomic mass is 19.4. The number of hydrogen-bond acceptors (Lipinski definition) is 6. The van der Waals surface area contributed by atoms with Crippen LogP contribution in [-0.2, 0) is 36.8 Å². The second-order valence-corrected chi connectivity index (χ2v) is 8.97. The highest BCUT2D eigenvalue weighted by Crippen LogP contribution is 2.24. The molecule has 4 N–H and O–H groups in total. The van der Waals surface area contributed by atoms with Gasteiger partial charge in [0.2, 0.25) is 23.6 Å². The summed E-state index contributed by atoms with van der Waals surface area (Å²) in [4.78, 5) is 50.8. The molecule has 3 rings (SSSR count). The normalized spacial score (nSPS) is 20.2. The van der Waals surface area contributed by atoms with Crippen molar-refractivity contribution in [2.75, 3.05) is 20.3 Å². The molecule has 0 aliphatic carbocycles. The van der Waals surface area contributed by atoms with Crippen LogP contribution < -0.4 is 26.0 Å². The van der Waals surface area contributed by atoms with Crippen LogP contribution in [0, 0.1) is 0 Å². The monoisotopic (exact) mass is 550 g/mol. The Kier molecular flexibility index (Phi) is 9.88. The van der Waals surface area contributed by atoms with Gasteiger partial charge in [0.15, 0.2) is 0 Å². The van der Waals surface area contributed by atoms with E-state index in [4.69, 9.17) is 9.47 Å². The van der Waals surface area contributed by atoms with Gasteiger partial charge in [-0.3, -0.25) is 19.2 Å². The second kappa shape index (κ2) is 13.1. The van der Waals surface area contributed by atoms with Gasteiger partial charge in [-0.15, -0.1) is 0 Å². The molecule has 0 spiro atoms. The Hall–Kier alpha value is -4.13. The summed E-state index contributed by atoms with van der Waals surface area (Å²) in [5.41, 5.74) is 1.17. The number of hydrogen-bond donors (Lipinski definition) is 4. The maximum absolute atomic E-state index is 13.1. The van der Waals surface area contributed by atoms with Gasteiger partial charge >= 0.3 is 6.18 Å². The molecular weight excluding hydrogens is 521 g/mol. The van der Waals surface area contributed by atoms with Crippen LogP contribution in [0.3, 0.4) is 0 Å². The Labute approximate surface area is 222 Å². The Balaban J connectivity index is 2.01. The van der Waals surface area contributed by atoms with E-state index in [-0.39, 0.29) is 19.4 Å². The maximum Gasteiger partial charge on any atom is 0.405 e. The lowest BCUT2D eigenvalue weighted by Crippen LogP contribution is -2.58. The zero-order valence-electron chi connectivity index (χ0n) is 21.3. The average Bonchev–Trinajstić information content (AvgIpc) is 2.85. The van der Waals surface area contributed by atoms with Crippen molar-refractivity contribution in [3.63, 3.8) is 0 Å². The van der Waals surface area contributed by atoms with Crippen molar-refractivity contribution in [3.8, 4) is 11.5 Å². The molecule has 3 atom stereocenters. The quantitative estimate of drug-likeness (QED) is 0.445. The van der Waals surface area contributed by atoms with Gasteiger partial charge in [0.1, 0.15) is 36.2 Å². The van der Waals surface area contributed by atoms with Crippen LogP contribution in [0.2, 0.25) is 0 Å². The summed E-state index contributed by atoms with van der Waals surface area (Å²) in [7, 11) is 1.29. The van der Waals surface area contributed by atoms with Gasteiger partial charge in [0.25, 0.3) is 0 Å². The molecule has 2 aromatic carbocycles. The molecule has 13 heteroatoms. The second-order valence-electron chi connectivity index (χ2n) is 8.97. The molecule has 4 bridgehead atoms. The number of amides is 4. The standard InChI is InChI=1S/C26H29F3N4O6/c1-15(34)31-21-12-17-6-4-8-19(10-17)39-18-7-3-5-16(9-18)11-20(23(35)30-14-26(27,28)29)32-25(37)22(13-38-2)33-24(21)36/h3-10,20-22H,11-14H2,1-2H3,(H,30,35)(H,31,34)(H,32,37)(H,33,36)/t20-,21-,22-/m0/s1. The van der Waals surface area contributed by atoms with Crippen molar-refractivity contribution < 1.29 is 41.8 Å². The molecule has 1 heterocycles. The van der Waals surface area contributed by atoms with Crippen molar-refractivity contribution in [3.05, 3.63) is 59.7 Å². The summed E-state index contributed by atoms with van der Waals surface area (Å²) in [6, 6.07) is 9.55. The van der Waals surface area contributed by atoms with E-state index in [0.717, 1.165) is 0 Å². The number of halogens is 3. The molecule has 210 valence electrons. The van der Waals surface area contributed by atoms with Crippen LogP contribution >= 0.6 is 0 Å². The van der Waals surface area contributed by atoms with Crippen molar-refractivity contribution in [2.24, 2.45) is 0 Å². The third kappa shape index (κ3) is 9.28. The smallest absolute Gasteiger partial charge is 0.405 e. The lowest BCUT2D eigenvalue weighted by molar-refractivity contribution is -0.141. The number of rotatable bonds is 5. The molecule has 0 fully saturated rings. The van der Waals surface area contributed by atoms with E-state index >= 15 is 0 Å². The molecule has 0 unspecified atom stereocenters. The zero-order chi connectivity index (χ0) is 28.6. The SMILES string of the molecule is COC[C@@H]1NC(=O)[C@@H](NC(C)=O)Cc2cccc(c2)Oc2cccc(c2)C[C@@H](C(=O)NCC(F)(F)F)NC1=O. The molecule has 0 saturated heterocycles. The van der Waals surface area contributed by atoms with E-state index in [2.05, 4.69) is 16.0 Å². The van der Waals surface area contributed by atoms with E-state index in [0.29, 0.717) is 22.6 Å². The predicted octanol–water partition coefficient (Wildman–Crippen LogP) is 1.38. The molecular formula is C26H29F3N4O6. The minimum atomic E-state index is -4.66. The number of methoxy groups -OCH3 is 1. The molecule has 1 aliphatic heterocycles. The number of carbonyl (C=O) groups excluding carboxylic acids is 4. The maximum atomic E-state index is 13.1. The van der Waals surface area contributed by atoms with E-state index in [1.807, 2.05) is 0 Å². The highest BCUT2D eigenvalue weighted by molar-refractivity contribution is 5.94. The first-order valence-electron chi connectivity index (χ1n) is 12.0. The molecule has 39 heavy (non-hydrogen) atoms. The summed E-state index contributed by atoms with van der Waals surface area (Å²) in [6.45, 7) is -0.656. The van der Waals surface area contributed by atoms with Gasteiger partial charge in [-0.1, -0.05) is 24.3 Å². The first-order chi connectivity index (χ1) is 18.4. The van der Waals surface area contributed by atoms with Crippen molar-refractivity contribution in [1.29, 1.82) is 0 Å². The van der Waals surface area contributed by atoms with E-state index in [1.54, 1.807) is 53.8 Å². The summed E-state index contributed by atoms with van der Waals surface area (Å²) in [6.07, 6.45) is -4.77. The number of nitrogens with one attached hydrogen (secondary N) is 4. The van der Waals surface area contributed by atoms with E-state index < -0.39 is 54.5 Å². The van der Waals surface area contributed by atoms with E-state index in [9.17, 15) is 32.3 Å².